The first kappa shape index (κ1) is 15.4. The molecule has 19 heavy (non-hydrogen) atoms. The number of likely N-dealkylation sites (N-methyl/N-ethyl adjacent to an activating group) is 1. The Morgan fingerprint density at radius 2 is 2.00 bits per heavy atom. The van der Waals surface area contributed by atoms with E-state index in [1.807, 2.05) is 0 Å². The zero-order chi connectivity index (χ0) is 14.6. The number of Topliss-reactive ketones (excluding diaryl/α,β-unsaturated/α-hetero) is 1. The average molecular weight is 279 g/mol. The molecule has 1 rings (SSSR count). The molecular formula is C12H13F4NO2. The molecule has 0 spiro atoms. The molecule has 7 heteroatoms. The van der Waals surface area contributed by atoms with Gasteiger partial charge in [-0.2, -0.15) is 13.2 Å². The second-order valence-corrected chi connectivity index (χ2v) is 4.00. The van der Waals surface area contributed by atoms with Gasteiger partial charge in [0.15, 0.2) is 5.78 Å². The second kappa shape index (κ2) is 6.01. The maximum absolute atomic E-state index is 12.9. The highest BCUT2D eigenvalue weighted by atomic mass is 19.4. The zero-order valence-corrected chi connectivity index (χ0v) is 10.2. The number of halogens is 4. The Balaban J connectivity index is 2.80. The molecule has 0 bridgehead atoms. The Hall–Kier alpha value is -1.63. The zero-order valence-electron chi connectivity index (χ0n) is 10.2. The van der Waals surface area contributed by atoms with Crippen molar-refractivity contribution in [2.45, 2.75) is 13.1 Å². The predicted octanol–water partition coefficient (Wildman–Crippen LogP) is 2.60. The van der Waals surface area contributed by atoms with E-state index in [1.165, 1.54) is 6.92 Å². The minimum Gasteiger partial charge on any atom is -0.507 e. The number of ketones is 1. The number of carbonyl (C=O) groups is 1. The van der Waals surface area contributed by atoms with Crippen molar-refractivity contribution in [2.75, 3.05) is 19.6 Å². The van der Waals surface area contributed by atoms with Crippen LogP contribution in [-0.4, -0.2) is 41.6 Å². The van der Waals surface area contributed by atoms with Crippen molar-refractivity contribution in [1.82, 2.24) is 4.90 Å². The van der Waals surface area contributed by atoms with Gasteiger partial charge in [0.1, 0.15) is 11.6 Å². The number of hydrogen-bond acceptors (Lipinski definition) is 3. The molecule has 0 aromatic heterocycles. The summed E-state index contributed by atoms with van der Waals surface area (Å²) >= 11 is 0. The highest BCUT2D eigenvalue weighted by Gasteiger charge is 2.31. The first-order valence-corrected chi connectivity index (χ1v) is 5.53. The number of nitrogens with zero attached hydrogens (tertiary/aromatic N) is 1. The summed E-state index contributed by atoms with van der Waals surface area (Å²) in [5.74, 6) is -1.95. The van der Waals surface area contributed by atoms with Crippen molar-refractivity contribution in [3.63, 3.8) is 0 Å². The number of rotatable bonds is 5. The van der Waals surface area contributed by atoms with Crippen molar-refractivity contribution in [2.24, 2.45) is 0 Å². The highest BCUT2D eigenvalue weighted by molar-refractivity contribution is 6.00. The van der Waals surface area contributed by atoms with Crippen LogP contribution in [0.1, 0.15) is 17.3 Å². The summed E-state index contributed by atoms with van der Waals surface area (Å²) in [6.45, 7) is -0.274. The fourth-order valence-electron chi connectivity index (χ4n) is 1.55. The van der Waals surface area contributed by atoms with E-state index in [1.54, 1.807) is 0 Å². The van der Waals surface area contributed by atoms with Crippen LogP contribution in [0.4, 0.5) is 17.6 Å². The van der Waals surface area contributed by atoms with Gasteiger partial charge in [0.05, 0.1) is 18.7 Å². The van der Waals surface area contributed by atoms with Crippen molar-refractivity contribution in [1.29, 1.82) is 0 Å². The Labute approximate surface area is 107 Å². The molecule has 0 radical (unpaired) electrons. The SMILES string of the molecule is CCN(CC(=O)c1cc(F)ccc1O)CC(F)(F)F. The minimum absolute atomic E-state index is 0.0152. The first-order chi connectivity index (χ1) is 8.73. The van der Waals surface area contributed by atoms with Crippen LogP contribution < -0.4 is 0 Å². The molecule has 0 amide bonds. The van der Waals surface area contributed by atoms with Crippen LogP contribution in [-0.2, 0) is 0 Å². The fourth-order valence-corrected chi connectivity index (χ4v) is 1.55. The molecular weight excluding hydrogens is 266 g/mol. The lowest BCUT2D eigenvalue weighted by Gasteiger charge is -2.21. The molecule has 0 saturated heterocycles. The van der Waals surface area contributed by atoms with Gasteiger partial charge in [0, 0.05) is 0 Å². The summed E-state index contributed by atoms with van der Waals surface area (Å²) in [6.07, 6.45) is -4.42. The molecule has 0 aliphatic carbocycles. The molecule has 0 unspecified atom stereocenters. The normalized spacial score (nSPS) is 11.9. The van der Waals surface area contributed by atoms with Crippen molar-refractivity contribution < 1.29 is 27.5 Å². The van der Waals surface area contributed by atoms with Gasteiger partial charge in [-0.3, -0.25) is 9.69 Å². The van der Waals surface area contributed by atoms with Crippen LogP contribution in [0.3, 0.4) is 0 Å². The third-order valence-electron chi connectivity index (χ3n) is 2.48. The summed E-state index contributed by atoms with van der Waals surface area (Å²) in [6, 6.07) is 2.75. The molecule has 0 heterocycles. The number of alkyl halides is 3. The third-order valence-corrected chi connectivity index (χ3v) is 2.48. The molecule has 0 atom stereocenters. The van der Waals surface area contributed by atoms with Gasteiger partial charge in [-0.25, -0.2) is 4.39 Å². The van der Waals surface area contributed by atoms with E-state index in [-0.39, 0.29) is 12.1 Å². The van der Waals surface area contributed by atoms with E-state index in [2.05, 4.69) is 0 Å². The molecule has 106 valence electrons. The maximum atomic E-state index is 12.9. The predicted molar refractivity (Wildman–Crippen MR) is 60.6 cm³/mol. The number of hydrogen-bond donors (Lipinski definition) is 1. The fraction of sp³-hybridized carbons (Fsp3) is 0.417. The van der Waals surface area contributed by atoms with Gasteiger partial charge >= 0.3 is 6.18 Å². The Bertz CT molecular complexity index is 460. The molecule has 0 aliphatic rings. The summed E-state index contributed by atoms with van der Waals surface area (Å²) in [5, 5.41) is 9.40. The molecule has 0 aliphatic heterocycles. The van der Waals surface area contributed by atoms with E-state index < -0.39 is 36.6 Å². The Morgan fingerprint density at radius 3 is 2.53 bits per heavy atom. The van der Waals surface area contributed by atoms with Gasteiger partial charge in [0.25, 0.3) is 0 Å². The first-order valence-electron chi connectivity index (χ1n) is 5.53. The van der Waals surface area contributed by atoms with Crippen molar-refractivity contribution in [3.8, 4) is 5.75 Å². The Morgan fingerprint density at radius 1 is 1.37 bits per heavy atom. The lowest BCUT2D eigenvalue weighted by Crippen LogP contribution is -2.37. The number of carbonyl (C=O) groups excluding carboxylic acids is 1. The van der Waals surface area contributed by atoms with E-state index >= 15 is 0 Å². The van der Waals surface area contributed by atoms with E-state index in [4.69, 9.17) is 0 Å². The summed E-state index contributed by atoms with van der Waals surface area (Å²) < 4.78 is 49.6. The maximum Gasteiger partial charge on any atom is 0.401 e. The van der Waals surface area contributed by atoms with Crippen LogP contribution >= 0.6 is 0 Å². The van der Waals surface area contributed by atoms with Gasteiger partial charge in [-0.15, -0.1) is 0 Å². The number of aromatic hydroxyl groups is 1. The molecule has 0 fully saturated rings. The summed E-state index contributed by atoms with van der Waals surface area (Å²) in [4.78, 5) is 12.6. The topological polar surface area (TPSA) is 40.5 Å². The minimum atomic E-state index is -4.42. The van der Waals surface area contributed by atoms with Gasteiger partial charge in [-0.05, 0) is 24.7 Å². The van der Waals surface area contributed by atoms with Crippen LogP contribution in [0, 0.1) is 5.82 Å². The molecule has 1 N–H and O–H groups in total. The molecule has 1 aromatic carbocycles. The smallest absolute Gasteiger partial charge is 0.401 e. The number of phenolic OH excluding ortho intramolecular Hbond substituents is 1. The summed E-state index contributed by atoms with van der Waals surface area (Å²) in [7, 11) is 0. The Kier molecular flexibility index (Phi) is 4.88. The van der Waals surface area contributed by atoms with Gasteiger partial charge in [-0.1, -0.05) is 6.92 Å². The van der Waals surface area contributed by atoms with Gasteiger partial charge in [0.2, 0.25) is 0 Å². The monoisotopic (exact) mass is 279 g/mol. The molecule has 1 aromatic rings. The van der Waals surface area contributed by atoms with Gasteiger partial charge < -0.3 is 5.11 Å². The third kappa shape index (κ3) is 4.86. The van der Waals surface area contributed by atoms with E-state index in [0.717, 1.165) is 23.1 Å². The average Bonchev–Trinajstić information content (AvgIpc) is 2.29. The number of phenols is 1. The van der Waals surface area contributed by atoms with Crippen LogP contribution in [0.25, 0.3) is 0 Å². The largest absolute Gasteiger partial charge is 0.507 e. The van der Waals surface area contributed by atoms with Crippen LogP contribution in [0.2, 0.25) is 0 Å². The van der Waals surface area contributed by atoms with Crippen molar-refractivity contribution >= 4 is 5.78 Å². The van der Waals surface area contributed by atoms with E-state index in [0.29, 0.717) is 0 Å². The molecule has 0 saturated carbocycles. The van der Waals surface area contributed by atoms with Crippen molar-refractivity contribution in [3.05, 3.63) is 29.6 Å². The standard InChI is InChI=1S/C12H13F4NO2/c1-2-17(7-12(14,15)16)6-11(19)9-5-8(13)3-4-10(9)18/h3-5,18H,2,6-7H2,1H3. The van der Waals surface area contributed by atoms with Crippen LogP contribution in [0.15, 0.2) is 18.2 Å². The highest BCUT2D eigenvalue weighted by Crippen LogP contribution is 2.20. The molecule has 3 nitrogen and oxygen atoms in total. The number of benzene rings is 1. The second-order valence-electron chi connectivity index (χ2n) is 4.00. The van der Waals surface area contributed by atoms with E-state index in [9.17, 15) is 27.5 Å². The summed E-state index contributed by atoms with van der Waals surface area (Å²) in [5.41, 5.74) is -0.319. The lowest BCUT2D eigenvalue weighted by molar-refractivity contribution is -0.144. The quantitative estimate of drug-likeness (QED) is 0.665. The van der Waals surface area contributed by atoms with Crippen LogP contribution in [0.5, 0.6) is 5.75 Å². The lowest BCUT2D eigenvalue weighted by atomic mass is 10.1.